The third kappa shape index (κ3) is 18.9. The summed E-state index contributed by atoms with van der Waals surface area (Å²) in [5, 5.41) is 9.54. The van der Waals surface area contributed by atoms with E-state index in [9.17, 15) is 13.5 Å². The van der Waals surface area contributed by atoms with Crippen LogP contribution < -0.4 is 0 Å². The second kappa shape index (κ2) is 14.8. The van der Waals surface area contributed by atoms with Crippen LogP contribution in [-0.4, -0.2) is 59.5 Å². The molecule has 0 amide bonds. The molecule has 0 aliphatic carbocycles. The van der Waals surface area contributed by atoms with Crippen molar-refractivity contribution in [3.8, 4) is 0 Å². The zero-order chi connectivity index (χ0) is 14.6. The first-order chi connectivity index (χ1) is 8.95. The van der Waals surface area contributed by atoms with Gasteiger partial charge in [-0.05, 0) is 12.8 Å². The summed E-state index contributed by atoms with van der Waals surface area (Å²) in [6.45, 7) is 2.22. The Morgan fingerprint density at radius 2 is 1.30 bits per heavy atom. The van der Waals surface area contributed by atoms with Gasteiger partial charge in [0.1, 0.15) is 0 Å². The molecular weight excluding hydrogens is 287 g/mol. The van der Waals surface area contributed by atoms with Crippen LogP contribution in [0, 0.1) is 0 Å². The zero-order valence-electron chi connectivity index (χ0n) is 12.2. The molecule has 118 valence electrons. The van der Waals surface area contributed by atoms with Crippen molar-refractivity contribution in [2.75, 3.05) is 5.75 Å². The van der Waals surface area contributed by atoms with E-state index in [1.807, 2.05) is 0 Å². The third-order valence-corrected chi connectivity index (χ3v) is 4.10. The molecule has 4 nitrogen and oxygen atoms in total. The Kier molecular flexibility index (Phi) is 17.1. The molecule has 0 saturated heterocycles. The van der Waals surface area contributed by atoms with Crippen molar-refractivity contribution in [1.29, 1.82) is 0 Å². The minimum absolute atomic E-state index is 0. The first-order valence-corrected chi connectivity index (χ1v) is 9.20. The van der Waals surface area contributed by atoms with E-state index in [1.54, 1.807) is 0 Å². The van der Waals surface area contributed by atoms with Crippen molar-refractivity contribution in [2.45, 2.75) is 83.7 Å². The molecule has 0 radical (unpaired) electrons. The van der Waals surface area contributed by atoms with Crippen LogP contribution in [0.1, 0.15) is 77.6 Å². The zero-order valence-corrected chi connectivity index (χ0v) is 13.0. The van der Waals surface area contributed by atoms with Gasteiger partial charge in [-0.1, -0.05) is 64.7 Å². The fourth-order valence-electron chi connectivity index (χ4n) is 2.12. The Labute approximate surface area is 146 Å². The average Bonchev–Trinajstić information content (AvgIpc) is 2.33. The standard InChI is InChI=1S/C14H30O4S.Na.H/c1-2-3-4-5-6-7-8-9-10-11-14(15)12-13-19(16,17)18;;/h14-15H,2-13H2,1H3,(H,16,17,18);;. The molecule has 0 aromatic heterocycles. The molecule has 0 rings (SSSR count). The van der Waals surface area contributed by atoms with Crippen molar-refractivity contribution < 1.29 is 18.1 Å². The van der Waals surface area contributed by atoms with Gasteiger partial charge in [-0.3, -0.25) is 4.55 Å². The molecule has 0 aromatic carbocycles. The van der Waals surface area contributed by atoms with E-state index in [2.05, 4.69) is 6.92 Å². The quantitative estimate of drug-likeness (QED) is 0.311. The maximum atomic E-state index is 10.5. The van der Waals surface area contributed by atoms with Gasteiger partial charge < -0.3 is 5.11 Å². The van der Waals surface area contributed by atoms with Crippen molar-refractivity contribution in [2.24, 2.45) is 0 Å². The van der Waals surface area contributed by atoms with Crippen LogP contribution in [0.3, 0.4) is 0 Å². The number of unbranched alkanes of at least 4 members (excludes halogenated alkanes) is 8. The molecule has 0 fully saturated rings. The molecule has 6 heteroatoms. The Morgan fingerprint density at radius 1 is 0.850 bits per heavy atom. The van der Waals surface area contributed by atoms with Gasteiger partial charge in [-0.25, -0.2) is 0 Å². The number of rotatable bonds is 13. The fourth-order valence-corrected chi connectivity index (χ4v) is 2.69. The van der Waals surface area contributed by atoms with E-state index in [0.717, 1.165) is 12.8 Å². The maximum absolute atomic E-state index is 10.5. The van der Waals surface area contributed by atoms with Crippen LogP contribution >= 0.6 is 0 Å². The fraction of sp³-hybridized carbons (Fsp3) is 1.00. The molecule has 0 bridgehead atoms. The van der Waals surface area contributed by atoms with Crippen molar-refractivity contribution >= 4 is 39.7 Å². The van der Waals surface area contributed by atoms with E-state index < -0.39 is 16.2 Å². The molecule has 1 atom stereocenters. The summed E-state index contributed by atoms with van der Waals surface area (Å²) in [6, 6.07) is 0. The predicted octanol–water partition coefficient (Wildman–Crippen LogP) is 2.90. The molecule has 0 saturated carbocycles. The van der Waals surface area contributed by atoms with Crippen molar-refractivity contribution in [3.63, 3.8) is 0 Å². The summed E-state index contributed by atoms with van der Waals surface area (Å²) in [5.74, 6) is -0.342. The molecule has 0 aliphatic rings. The Balaban J connectivity index is 0. The van der Waals surface area contributed by atoms with Crippen LogP contribution in [0.15, 0.2) is 0 Å². The molecule has 0 heterocycles. The Bertz CT molecular complexity index is 294. The topological polar surface area (TPSA) is 74.6 Å². The first kappa shape index (κ1) is 23.1. The van der Waals surface area contributed by atoms with Gasteiger partial charge in [0.25, 0.3) is 10.1 Å². The van der Waals surface area contributed by atoms with Crippen molar-refractivity contribution in [1.82, 2.24) is 0 Å². The second-order valence-corrected chi connectivity index (χ2v) is 6.92. The number of aliphatic hydroxyl groups excluding tert-OH is 1. The molecule has 0 spiro atoms. The van der Waals surface area contributed by atoms with Gasteiger partial charge in [-0.2, -0.15) is 8.42 Å². The molecule has 1 unspecified atom stereocenters. The van der Waals surface area contributed by atoms with Gasteiger partial charge >= 0.3 is 29.6 Å². The van der Waals surface area contributed by atoms with E-state index in [0.29, 0.717) is 6.42 Å². The van der Waals surface area contributed by atoms with Gasteiger partial charge in [0.2, 0.25) is 0 Å². The average molecular weight is 318 g/mol. The third-order valence-electron chi connectivity index (χ3n) is 3.35. The van der Waals surface area contributed by atoms with Crippen LogP contribution in [-0.2, 0) is 10.1 Å². The number of hydrogen-bond acceptors (Lipinski definition) is 3. The molecule has 0 aliphatic heterocycles. The van der Waals surface area contributed by atoms with Gasteiger partial charge in [0, 0.05) is 0 Å². The van der Waals surface area contributed by atoms with Gasteiger partial charge in [0.15, 0.2) is 0 Å². The molecular formula is C14H31NaO4S. The van der Waals surface area contributed by atoms with Crippen molar-refractivity contribution in [3.05, 3.63) is 0 Å². The Hall–Kier alpha value is 0.870. The molecule has 0 aromatic rings. The number of hydrogen-bond donors (Lipinski definition) is 2. The van der Waals surface area contributed by atoms with Crippen LogP contribution in [0.4, 0.5) is 0 Å². The summed E-state index contributed by atoms with van der Waals surface area (Å²) in [7, 11) is -3.93. The number of aliphatic hydroxyl groups is 1. The van der Waals surface area contributed by atoms with E-state index in [1.165, 1.54) is 44.9 Å². The predicted molar refractivity (Wildman–Crippen MR) is 86.0 cm³/mol. The van der Waals surface area contributed by atoms with Crippen LogP contribution in [0.2, 0.25) is 0 Å². The summed E-state index contributed by atoms with van der Waals surface area (Å²) >= 11 is 0. The van der Waals surface area contributed by atoms with Gasteiger partial charge in [0.05, 0.1) is 11.9 Å². The summed E-state index contributed by atoms with van der Waals surface area (Å²) in [4.78, 5) is 0. The van der Waals surface area contributed by atoms with E-state index in [-0.39, 0.29) is 41.7 Å². The summed E-state index contributed by atoms with van der Waals surface area (Å²) in [5.41, 5.74) is 0. The minimum atomic E-state index is -3.93. The molecule has 2 N–H and O–H groups in total. The monoisotopic (exact) mass is 318 g/mol. The normalized spacial score (nSPS) is 12.9. The van der Waals surface area contributed by atoms with E-state index in [4.69, 9.17) is 4.55 Å². The van der Waals surface area contributed by atoms with Crippen LogP contribution in [0.5, 0.6) is 0 Å². The molecule has 20 heavy (non-hydrogen) atoms. The summed E-state index contributed by atoms with van der Waals surface area (Å²) < 4.78 is 29.6. The SMILES string of the molecule is CCCCCCCCCCCC(O)CCS(=O)(=O)O.[NaH]. The Morgan fingerprint density at radius 3 is 1.75 bits per heavy atom. The summed E-state index contributed by atoms with van der Waals surface area (Å²) in [6.07, 6.45) is 11.2. The second-order valence-electron chi connectivity index (χ2n) is 5.35. The van der Waals surface area contributed by atoms with Crippen LogP contribution in [0.25, 0.3) is 0 Å². The first-order valence-electron chi connectivity index (χ1n) is 7.59. The van der Waals surface area contributed by atoms with E-state index >= 15 is 0 Å². The van der Waals surface area contributed by atoms with Gasteiger partial charge in [-0.15, -0.1) is 0 Å².